The number of rotatable bonds is 13. The summed E-state index contributed by atoms with van der Waals surface area (Å²) in [6.07, 6.45) is -2.29. The Bertz CT molecular complexity index is 1580. The molecule has 5 N–H and O–H groups in total. The van der Waals surface area contributed by atoms with E-state index in [0.717, 1.165) is 87.9 Å². The van der Waals surface area contributed by atoms with Gasteiger partial charge in [0.15, 0.2) is 22.9 Å². The molecule has 2 aliphatic heterocycles. The molecule has 3 aromatic rings. The highest BCUT2D eigenvalue weighted by molar-refractivity contribution is 5.93. The second-order valence-corrected chi connectivity index (χ2v) is 11.8. The number of carboxylic acid groups (broad SMARTS) is 3. The summed E-state index contributed by atoms with van der Waals surface area (Å²) in [5, 5.41) is 38.3. The quantitative estimate of drug-likeness (QED) is 0.173. The maximum Gasteiger partial charge on any atom is 0.336 e. The van der Waals surface area contributed by atoms with Gasteiger partial charge < -0.3 is 49.8 Å². The summed E-state index contributed by atoms with van der Waals surface area (Å²) < 4.78 is 16.6. The third-order valence-corrected chi connectivity index (χ3v) is 8.30. The molecule has 0 atom stereocenters. The average Bonchev–Trinajstić information content (AvgIpc) is 3.08. The van der Waals surface area contributed by atoms with E-state index in [1.807, 2.05) is 12.1 Å². The molecule has 0 radical (unpaired) electrons. The summed E-state index contributed by atoms with van der Waals surface area (Å²) in [6, 6.07) is 12.5. The Morgan fingerprint density at radius 1 is 0.878 bits per heavy atom. The summed E-state index contributed by atoms with van der Waals surface area (Å²) in [4.78, 5) is 47.5. The molecule has 2 fully saturated rings. The molecule has 49 heavy (non-hydrogen) atoms. The molecule has 266 valence electrons. The highest BCUT2D eigenvalue weighted by Crippen LogP contribution is 2.35. The molecule has 0 aliphatic carbocycles. The van der Waals surface area contributed by atoms with Gasteiger partial charge >= 0.3 is 17.9 Å². The first-order chi connectivity index (χ1) is 23.4. The van der Waals surface area contributed by atoms with Crippen LogP contribution in [-0.2, 0) is 19.1 Å². The minimum Gasteiger partial charge on any atom is -0.493 e. The summed E-state index contributed by atoms with van der Waals surface area (Å²) in [5.41, 5.74) is 0.302. The lowest BCUT2D eigenvalue weighted by Crippen LogP contribution is -2.44. The van der Waals surface area contributed by atoms with Crippen molar-refractivity contribution in [2.24, 2.45) is 0 Å². The SMILES string of the molecule is COc1cc2nc(-c3ccc(N4CCN(C)CC4)cc3)nc(NCCN3CCOCC3)c2cc1OC.O=C(O)CC(O)(CC(=O)O)C(=O)O. The zero-order valence-electron chi connectivity index (χ0n) is 27.9. The van der Waals surface area contributed by atoms with Crippen molar-refractivity contribution in [1.82, 2.24) is 19.8 Å². The van der Waals surface area contributed by atoms with Crippen LogP contribution in [0.2, 0.25) is 0 Å². The number of methoxy groups -OCH3 is 2. The molecule has 0 spiro atoms. The maximum absolute atomic E-state index is 10.3. The predicted octanol–water partition coefficient (Wildman–Crippen LogP) is 1.56. The van der Waals surface area contributed by atoms with Gasteiger partial charge in [-0.1, -0.05) is 0 Å². The summed E-state index contributed by atoms with van der Waals surface area (Å²) in [7, 11) is 5.46. The molecular weight excluding hydrogens is 640 g/mol. The number of nitrogens with one attached hydrogen (secondary N) is 1. The Labute approximate surface area is 283 Å². The van der Waals surface area contributed by atoms with E-state index in [1.165, 1.54) is 5.69 Å². The van der Waals surface area contributed by atoms with Crippen molar-refractivity contribution in [3.63, 3.8) is 0 Å². The summed E-state index contributed by atoms with van der Waals surface area (Å²) in [6.45, 7) is 9.47. The fraction of sp³-hybridized carbons (Fsp3) is 0.485. The van der Waals surface area contributed by atoms with Crippen LogP contribution in [0.15, 0.2) is 36.4 Å². The second kappa shape index (κ2) is 17.1. The van der Waals surface area contributed by atoms with Crippen LogP contribution in [0.5, 0.6) is 11.5 Å². The standard InChI is InChI=1S/C27H36N6O3.C6H8O7/c1-31-10-12-33(13-11-31)21-6-4-20(5-7-21)26-29-23-19-25(35-3)24(34-2)18-22(23)27(30-26)28-8-9-32-14-16-36-17-15-32;7-3(8)1-6(13,5(11)12)2-4(9)10/h4-7,18-19H,8-17H2,1-3H3,(H,28,29,30);13H,1-2H2,(H,7,8)(H,9,10)(H,11,12). The van der Waals surface area contributed by atoms with E-state index < -0.39 is 36.4 Å². The molecule has 16 heteroatoms. The van der Waals surface area contributed by atoms with Crippen molar-refractivity contribution in [3.8, 4) is 22.9 Å². The molecule has 0 saturated carbocycles. The monoisotopic (exact) mass is 684 g/mol. The first kappa shape index (κ1) is 37.1. The van der Waals surface area contributed by atoms with Gasteiger partial charge in [0, 0.05) is 75.1 Å². The van der Waals surface area contributed by atoms with Gasteiger partial charge in [0.05, 0.1) is 45.8 Å². The second-order valence-electron chi connectivity index (χ2n) is 11.8. The molecule has 2 aliphatic rings. The number of ether oxygens (including phenoxy) is 3. The van der Waals surface area contributed by atoms with E-state index in [0.29, 0.717) is 17.3 Å². The normalized spacial score (nSPS) is 15.6. The molecule has 2 saturated heterocycles. The number of morpholine rings is 1. The number of piperazine rings is 1. The van der Waals surface area contributed by atoms with Gasteiger partial charge in [-0.15, -0.1) is 0 Å². The van der Waals surface area contributed by atoms with Crippen LogP contribution in [0.4, 0.5) is 11.5 Å². The van der Waals surface area contributed by atoms with Crippen molar-refractivity contribution in [1.29, 1.82) is 0 Å². The van der Waals surface area contributed by atoms with Crippen LogP contribution in [0.1, 0.15) is 12.8 Å². The van der Waals surface area contributed by atoms with Gasteiger partial charge in [0.2, 0.25) is 0 Å². The minimum absolute atomic E-state index is 0.652. The van der Waals surface area contributed by atoms with Crippen LogP contribution in [0, 0.1) is 0 Å². The minimum atomic E-state index is -2.74. The highest BCUT2D eigenvalue weighted by atomic mass is 16.5. The Hall–Kier alpha value is -4.77. The average molecular weight is 685 g/mol. The molecule has 0 unspecified atom stereocenters. The number of carbonyl (C=O) groups is 3. The Morgan fingerprint density at radius 2 is 1.47 bits per heavy atom. The van der Waals surface area contributed by atoms with Crippen LogP contribution < -0.4 is 19.7 Å². The molecule has 1 aromatic heterocycles. The molecule has 0 amide bonds. The van der Waals surface area contributed by atoms with Gasteiger partial charge in [-0.05, 0) is 37.4 Å². The van der Waals surface area contributed by atoms with E-state index in [1.54, 1.807) is 14.2 Å². The maximum atomic E-state index is 10.3. The molecule has 16 nitrogen and oxygen atoms in total. The van der Waals surface area contributed by atoms with Crippen LogP contribution in [0.25, 0.3) is 22.3 Å². The number of aliphatic hydroxyl groups is 1. The number of benzene rings is 2. The number of hydrogen-bond acceptors (Lipinski definition) is 13. The largest absolute Gasteiger partial charge is 0.493 e. The predicted molar refractivity (Wildman–Crippen MR) is 181 cm³/mol. The van der Waals surface area contributed by atoms with Gasteiger partial charge in [0.25, 0.3) is 0 Å². The number of hydrogen-bond donors (Lipinski definition) is 5. The highest BCUT2D eigenvalue weighted by Gasteiger charge is 2.40. The van der Waals surface area contributed by atoms with Crippen molar-refractivity contribution < 1.29 is 49.0 Å². The Morgan fingerprint density at radius 3 is 2.02 bits per heavy atom. The lowest BCUT2D eigenvalue weighted by atomic mass is 9.96. The number of nitrogens with zero attached hydrogens (tertiary/aromatic N) is 5. The van der Waals surface area contributed by atoms with E-state index in [2.05, 4.69) is 51.3 Å². The van der Waals surface area contributed by atoms with E-state index in [4.69, 9.17) is 44.6 Å². The summed E-state index contributed by atoms with van der Waals surface area (Å²) in [5.74, 6) is -2.22. The number of likely N-dealkylation sites (N-methyl/N-ethyl adjacent to an activating group) is 1. The first-order valence-electron chi connectivity index (χ1n) is 15.8. The smallest absolute Gasteiger partial charge is 0.336 e. The molecule has 0 bridgehead atoms. The number of carboxylic acids is 3. The topological polar surface area (TPSA) is 207 Å². The van der Waals surface area contributed by atoms with Crippen molar-refractivity contribution >= 4 is 40.3 Å². The summed E-state index contributed by atoms with van der Waals surface area (Å²) >= 11 is 0. The van der Waals surface area contributed by atoms with Gasteiger partial charge in [0.1, 0.15) is 5.82 Å². The van der Waals surface area contributed by atoms with Crippen molar-refractivity contribution in [2.45, 2.75) is 18.4 Å². The Balaban J connectivity index is 0.000000355. The number of aromatic nitrogens is 2. The molecule has 2 aromatic carbocycles. The molecule has 3 heterocycles. The lowest BCUT2D eigenvalue weighted by molar-refractivity contribution is -0.170. The van der Waals surface area contributed by atoms with Crippen LogP contribution in [0.3, 0.4) is 0 Å². The van der Waals surface area contributed by atoms with Crippen LogP contribution >= 0.6 is 0 Å². The van der Waals surface area contributed by atoms with Crippen molar-refractivity contribution in [3.05, 3.63) is 36.4 Å². The van der Waals surface area contributed by atoms with E-state index in [9.17, 15) is 14.4 Å². The zero-order chi connectivity index (χ0) is 35.6. The number of aliphatic carboxylic acids is 3. The van der Waals surface area contributed by atoms with E-state index in [-0.39, 0.29) is 0 Å². The third kappa shape index (κ3) is 10.1. The number of fused-ring (bicyclic) bond motifs is 1. The first-order valence-corrected chi connectivity index (χ1v) is 15.8. The third-order valence-electron chi connectivity index (χ3n) is 8.30. The van der Waals surface area contributed by atoms with E-state index >= 15 is 0 Å². The van der Waals surface area contributed by atoms with Crippen LogP contribution in [-0.4, -0.2) is 151 Å². The fourth-order valence-electron chi connectivity index (χ4n) is 5.48. The van der Waals surface area contributed by atoms with Gasteiger partial charge in [-0.25, -0.2) is 14.8 Å². The number of anilines is 2. The molecule has 5 rings (SSSR count). The molecular formula is C33H44N6O10. The Kier molecular flexibility index (Phi) is 12.9. The van der Waals surface area contributed by atoms with Gasteiger partial charge in [-0.3, -0.25) is 14.5 Å². The fourth-order valence-corrected chi connectivity index (χ4v) is 5.48. The van der Waals surface area contributed by atoms with Gasteiger partial charge in [-0.2, -0.15) is 0 Å². The lowest BCUT2D eigenvalue weighted by Gasteiger charge is -2.34. The zero-order valence-corrected chi connectivity index (χ0v) is 27.9. The van der Waals surface area contributed by atoms with Crippen molar-refractivity contribution in [2.75, 3.05) is 97.1 Å².